The number of fused-ring (bicyclic) bond motifs is 5. The molecule has 0 aliphatic carbocycles. The molecule has 0 saturated heterocycles. The van der Waals surface area contributed by atoms with Crippen LogP contribution in [0.15, 0.2) is 41.2 Å². The van der Waals surface area contributed by atoms with E-state index in [0.29, 0.717) is 17.9 Å². The van der Waals surface area contributed by atoms with Crippen LogP contribution in [0.5, 0.6) is 0 Å². The second-order valence-corrected chi connectivity index (χ2v) is 8.90. The third kappa shape index (κ3) is 4.11. The highest BCUT2D eigenvalue weighted by Crippen LogP contribution is 2.40. The first-order chi connectivity index (χ1) is 17.7. The van der Waals surface area contributed by atoms with E-state index in [-0.39, 0.29) is 42.6 Å². The zero-order valence-electron chi connectivity index (χ0n) is 19.9. The second-order valence-electron chi connectivity index (χ2n) is 8.90. The molecule has 0 fully saturated rings. The molecule has 0 bridgehead atoms. The van der Waals surface area contributed by atoms with Gasteiger partial charge < -0.3 is 24.5 Å². The summed E-state index contributed by atoms with van der Waals surface area (Å²) in [5.74, 6) is -3.54. The number of nitrogens with one attached hydrogen (secondary N) is 1. The third-order valence-electron chi connectivity index (χ3n) is 6.67. The molecule has 0 spiro atoms. The minimum absolute atomic E-state index is 0.0154. The van der Waals surface area contributed by atoms with E-state index < -0.39 is 36.0 Å². The number of carbonyl (C=O) groups excluding carboxylic acids is 3. The Morgan fingerprint density at radius 3 is 2.73 bits per heavy atom. The topological polar surface area (TPSA) is 154 Å². The number of aliphatic carboxylic acids is 1. The van der Waals surface area contributed by atoms with Gasteiger partial charge in [0, 0.05) is 22.9 Å². The lowest BCUT2D eigenvalue weighted by molar-refractivity contribution is -0.189. The molecule has 11 nitrogen and oxygen atoms in total. The van der Waals surface area contributed by atoms with Crippen LogP contribution in [0.2, 0.25) is 0 Å². The average molecular weight is 505 g/mol. The number of carbonyl (C=O) groups is 4. The molecule has 1 atom stereocenters. The number of cyclic esters (lactones) is 1. The van der Waals surface area contributed by atoms with Crippen LogP contribution in [0.25, 0.3) is 22.3 Å². The molecule has 190 valence electrons. The van der Waals surface area contributed by atoms with Gasteiger partial charge in [-0.2, -0.15) is 0 Å². The van der Waals surface area contributed by atoms with Crippen LogP contribution in [0.1, 0.15) is 42.9 Å². The number of benzene rings is 1. The summed E-state index contributed by atoms with van der Waals surface area (Å²) in [7, 11) is 0. The summed E-state index contributed by atoms with van der Waals surface area (Å²) in [6.45, 7) is 1.09. The van der Waals surface area contributed by atoms with Crippen LogP contribution >= 0.6 is 0 Å². The predicted octanol–water partition coefficient (Wildman–Crippen LogP) is 1.61. The number of hydrogen-bond donors (Lipinski definition) is 2. The number of ether oxygens (including phenoxy) is 2. The van der Waals surface area contributed by atoms with E-state index in [1.54, 1.807) is 17.6 Å². The first-order valence-corrected chi connectivity index (χ1v) is 11.8. The van der Waals surface area contributed by atoms with Crippen molar-refractivity contribution in [2.24, 2.45) is 0 Å². The van der Waals surface area contributed by atoms with Gasteiger partial charge in [-0.15, -0.1) is 0 Å². The van der Waals surface area contributed by atoms with E-state index in [1.807, 2.05) is 30.3 Å². The SMILES string of the molecule is CC[C@@]1(OC(=O)CNC(=O)CCC(=O)O)C(=O)OCc2c1cc1n(c2=O)Cc2cc3ccccc3nc2-1. The molecule has 5 rings (SSSR count). The lowest BCUT2D eigenvalue weighted by Crippen LogP contribution is -2.48. The normalized spacial score (nSPS) is 17.4. The second kappa shape index (κ2) is 9.16. The Morgan fingerprint density at radius 2 is 1.97 bits per heavy atom. The van der Waals surface area contributed by atoms with Gasteiger partial charge in [-0.1, -0.05) is 25.1 Å². The molecule has 0 unspecified atom stereocenters. The number of amides is 1. The molecule has 2 aliphatic rings. The molecular formula is C26H23N3O8. The van der Waals surface area contributed by atoms with Gasteiger partial charge in [0.1, 0.15) is 13.2 Å². The fourth-order valence-corrected chi connectivity index (χ4v) is 4.79. The molecule has 0 saturated carbocycles. The van der Waals surface area contributed by atoms with E-state index >= 15 is 0 Å². The van der Waals surface area contributed by atoms with Crippen molar-refractivity contribution in [3.63, 3.8) is 0 Å². The summed E-state index contributed by atoms with van der Waals surface area (Å²) in [6.07, 6.45) is -0.714. The fourth-order valence-electron chi connectivity index (χ4n) is 4.79. The van der Waals surface area contributed by atoms with Gasteiger partial charge in [-0.25, -0.2) is 9.78 Å². The lowest BCUT2D eigenvalue weighted by atomic mass is 9.85. The van der Waals surface area contributed by atoms with Gasteiger partial charge in [-0.05, 0) is 24.6 Å². The summed E-state index contributed by atoms with van der Waals surface area (Å²) in [4.78, 5) is 66.4. The number of carboxylic acids is 1. The summed E-state index contributed by atoms with van der Waals surface area (Å²) in [6, 6.07) is 11.2. The Hall–Kier alpha value is -4.54. The molecule has 2 aromatic heterocycles. The number of rotatable bonds is 7. The van der Waals surface area contributed by atoms with Crippen LogP contribution in [0, 0.1) is 0 Å². The van der Waals surface area contributed by atoms with E-state index in [2.05, 4.69) is 5.32 Å². The van der Waals surface area contributed by atoms with Gasteiger partial charge in [-0.3, -0.25) is 19.2 Å². The highest BCUT2D eigenvalue weighted by atomic mass is 16.6. The number of para-hydroxylation sites is 1. The Kier molecular flexibility index (Phi) is 5.98. The number of carboxylic acid groups (broad SMARTS) is 1. The van der Waals surface area contributed by atoms with Gasteiger partial charge in [0.2, 0.25) is 11.5 Å². The number of aromatic nitrogens is 2. The number of esters is 2. The molecule has 37 heavy (non-hydrogen) atoms. The largest absolute Gasteiger partial charge is 0.481 e. The quantitative estimate of drug-likeness (QED) is 0.357. The standard InChI is InChI=1S/C26H23N3O8/c1-2-26(37-22(33)11-27-20(30)7-8-21(31)32)17-10-19-23-15(9-14-5-3-4-6-18(14)28-23)12-29(19)24(34)16(17)13-36-25(26)35/h3-6,9-10H,2,7-8,11-13H2,1H3,(H,27,30)(H,31,32)/t26-/m0/s1. The van der Waals surface area contributed by atoms with Crippen molar-refractivity contribution in [2.75, 3.05) is 6.54 Å². The van der Waals surface area contributed by atoms with E-state index in [4.69, 9.17) is 19.6 Å². The van der Waals surface area contributed by atoms with Crippen LogP contribution in [-0.4, -0.2) is 45.0 Å². The van der Waals surface area contributed by atoms with E-state index in [1.165, 1.54) is 0 Å². The Bertz CT molecular complexity index is 1540. The third-order valence-corrected chi connectivity index (χ3v) is 6.67. The van der Waals surface area contributed by atoms with E-state index in [9.17, 15) is 24.0 Å². The zero-order chi connectivity index (χ0) is 26.3. The monoisotopic (exact) mass is 505 g/mol. The van der Waals surface area contributed by atoms with Crippen molar-refractivity contribution in [1.82, 2.24) is 14.9 Å². The van der Waals surface area contributed by atoms with Crippen molar-refractivity contribution >= 4 is 34.7 Å². The van der Waals surface area contributed by atoms with Crippen molar-refractivity contribution in [3.05, 3.63) is 63.4 Å². The molecule has 11 heteroatoms. The van der Waals surface area contributed by atoms with Crippen LogP contribution in [0.4, 0.5) is 0 Å². The first-order valence-electron chi connectivity index (χ1n) is 11.8. The van der Waals surface area contributed by atoms with Gasteiger partial charge >= 0.3 is 17.9 Å². The van der Waals surface area contributed by atoms with Gasteiger partial charge in [0.25, 0.3) is 5.56 Å². The summed E-state index contributed by atoms with van der Waals surface area (Å²) in [5, 5.41) is 11.9. The maximum absolute atomic E-state index is 13.5. The minimum atomic E-state index is -1.88. The summed E-state index contributed by atoms with van der Waals surface area (Å²) in [5.41, 5.74) is 0.925. The molecule has 2 aliphatic heterocycles. The maximum atomic E-state index is 13.5. The predicted molar refractivity (Wildman–Crippen MR) is 128 cm³/mol. The number of pyridine rings is 2. The Balaban J connectivity index is 1.51. The maximum Gasteiger partial charge on any atom is 0.355 e. The van der Waals surface area contributed by atoms with Crippen molar-refractivity contribution < 1.29 is 33.8 Å². The Labute approximate surface area is 210 Å². The smallest absolute Gasteiger partial charge is 0.355 e. The van der Waals surface area contributed by atoms with Crippen molar-refractivity contribution in [2.45, 2.75) is 44.9 Å². The van der Waals surface area contributed by atoms with Gasteiger partial charge in [0.05, 0.1) is 35.4 Å². The van der Waals surface area contributed by atoms with Crippen molar-refractivity contribution in [1.29, 1.82) is 0 Å². The molecule has 1 aromatic carbocycles. The molecule has 2 N–H and O–H groups in total. The highest BCUT2D eigenvalue weighted by Gasteiger charge is 2.50. The van der Waals surface area contributed by atoms with Crippen molar-refractivity contribution in [3.8, 4) is 11.4 Å². The molecule has 1 amide bonds. The molecular weight excluding hydrogens is 482 g/mol. The summed E-state index contributed by atoms with van der Waals surface area (Å²) >= 11 is 0. The van der Waals surface area contributed by atoms with Crippen LogP contribution < -0.4 is 10.9 Å². The van der Waals surface area contributed by atoms with Gasteiger partial charge in [0.15, 0.2) is 0 Å². The van der Waals surface area contributed by atoms with Crippen LogP contribution in [-0.2, 0) is 47.4 Å². The average Bonchev–Trinajstić information content (AvgIpc) is 3.24. The first kappa shape index (κ1) is 24.2. The van der Waals surface area contributed by atoms with E-state index in [0.717, 1.165) is 16.5 Å². The number of nitrogens with zero attached hydrogens (tertiary/aromatic N) is 2. The fraction of sp³-hybridized carbons (Fsp3) is 0.308. The van der Waals surface area contributed by atoms with Crippen LogP contribution in [0.3, 0.4) is 0 Å². The Morgan fingerprint density at radius 1 is 1.19 bits per heavy atom. The number of hydrogen-bond acceptors (Lipinski definition) is 8. The summed E-state index contributed by atoms with van der Waals surface area (Å²) < 4.78 is 12.5. The molecule has 4 heterocycles. The lowest BCUT2D eigenvalue weighted by Gasteiger charge is -2.35. The molecule has 3 aromatic rings. The zero-order valence-corrected chi connectivity index (χ0v) is 19.9. The minimum Gasteiger partial charge on any atom is -0.481 e. The highest BCUT2D eigenvalue weighted by molar-refractivity contribution is 5.90. The molecule has 0 radical (unpaired) electrons.